The summed E-state index contributed by atoms with van der Waals surface area (Å²) in [6, 6.07) is 7.76. The summed E-state index contributed by atoms with van der Waals surface area (Å²) < 4.78 is 4.63. The van der Waals surface area contributed by atoms with Gasteiger partial charge in [-0.15, -0.1) is 0 Å². The van der Waals surface area contributed by atoms with Crippen LogP contribution in [0.4, 0.5) is 4.79 Å². The third kappa shape index (κ3) is 3.60. The maximum Gasteiger partial charge on any atom is 0.404 e. The molecule has 0 aliphatic carbocycles. The largest absolute Gasteiger partial charge is 0.450 e. The summed E-state index contributed by atoms with van der Waals surface area (Å²) in [4.78, 5) is 25.6. The number of unbranched alkanes of at least 4 members (excludes halogenated alkanes) is 2. The first-order chi connectivity index (χ1) is 9.68. The van der Waals surface area contributed by atoms with Crippen molar-refractivity contribution in [3.63, 3.8) is 0 Å². The normalized spacial score (nSPS) is 10.6. The van der Waals surface area contributed by atoms with Crippen molar-refractivity contribution in [2.75, 3.05) is 6.61 Å². The lowest BCUT2D eigenvalue weighted by Gasteiger charge is -2.02. The number of fused-ring (bicyclic) bond motifs is 1. The molecule has 2 rings (SSSR count). The summed E-state index contributed by atoms with van der Waals surface area (Å²) in [5.41, 5.74) is 6.58. The first-order valence-electron chi connectivity index (χ1n) is 6.70. The first kappa shape index (κ1) is 14.1. The van der Waals surface area contributed by atoms with Crippen LogP contribution in [0.25, 0.3) is 10.9 Å². The van der Waals surface area contributed by atoms with E-state index in [1.807, 2.05) is 24.3 Å². The van der Waals surface area contributed by atoms with Crippen LogP contribution >= 0.6 is 0 Å². The number of carbonyl (C=O) groups excluding carboxylic acids is 2. The number of H-pyrrole nitrogens is 1. The van der Waals surface area contributed by atoms with E-state index in [0.717, 1.165) is 35.7 Å². The van der Waals surface area contributed by atoms with E-state index in [-0.39, 0.29) is 5.78 Å². The average Bonchev–Trinajstić information content (AvgIpc) is 2.86. The van der Waals surface area contributed by atoms with Gasteiger partial charge in [0.05, 0.1) is 6.61 Å². The van der Waals surface area contributed by atoms with Crippen LogP contribution in [0.1, 0.15) is 36.0 Å². The van der Waals surface area contributed by atoms with Crippen LogP contribution in [0.2, 0.25) is 0 Å². The lowest BCUT2D eigenvalue weighted by molar-refractivity contribution is 0.0978. The summed E-state index contributed by atoms with van der Waals surface area (Å²) in [5, 5.41) is 0.967. The fourth-order valence-corrected chi connectivity index (χ4v) is 2.17. The van der Waals surface area contributed by atoms with Crippen LogP contribution < -0.4 is 5.73 Å². The predicted octanol–water partition coefficient (Wildman–Crippen LogP) is 3.01. The highest BCUT2D eigenvalue weighted by molar-refractivity contribution is 6.07. The molecule has 0 radical (unpaired) electrons. The molecule has 0 aliphatic heterocycles. The maximum absolute atomic E-state index is 12.1. The van der Waals surface area contributed by atoms with Gasteiger partial charge in [0.25, 0.3) is 0 Å². The number of amides is 1. The molecular formula is C15H18N2O3. The van der Waals surface area contributed by atoms with Crippen molar-refractivity contribution < 1.29 is 14.3 Å². The molecule has 1 amide bonds. The highest BCUT2D eigenvalue weighted by Gasteiger charge is 2.10. The molecule has 0 spiro atoms. The van der Waals surface area contributed by atoms with Gasteiger partial charge in [-0.2, -0.15) is 0 Å². The second kappa shape index (κ2) is 6.75. The van der Waals surface area contributed by atoms with Gasteiger partial charge in [-0.1, -0.05) is 18.2 Å². The zero-order valence-corrected chi connectivity index (χ0v) is 11.2. The molecule has 1 aromatic heterocycles. The zero-order valence-electron chi connectivity index (χ0n) is 11.2. The smallest absolute Gasteiger partial charge is 0.404 e. The maximum atomic E-state index is 12.1. The molecule has 0 bridgehead atoms. The van der Waals surface area contributed by atoms with Gasteiger partial charge in [0.1, 0.15) is 0 Å². The highest BCUT2D eigenvalue weighted by atomic mass is 16.5. The number of hydrogen-bond donors (Lipinski definition) is 2. The van der Waals surface area contributed by atoms with Gasteiger partial charge >= 0.3 is 6.09 Å². The van der Waals surface area contributed by atoms with Crippen LogP contribution in [-0.4, -0.2) is 23.5 Å². The molecule has 3 N–H and O–H groups in total. The number of nitrogens with one attached hydrogen (secondary N) is 1. The number of carbonyl (C=O) groups is 2. The van der Waals surface area contributed by atoms with Crippen LogP contribution in [0.5, 0.6) is 0 Å². The molecule has 0 fully saturated rings. The summed E-state index contributed by atoms with van der Waals surface area (Å²) in [6.45, 7) is 0.316. The fraction of sp³-hybridized carbons (Fsp3) is 0.333. The van der Waals surface area contributed by atoms with E-state index in [0.29, 0.717) is 13.0 Å². The summed E-state index contributed by atoms with van der Waals surface area (Å²) in [7, 11) is 0. The van der Waals surface area contributed by atoms with Gasteiger partial charge in [0, 0.05) is 29.1 Å². The van der Waals surface area contributed by atoms with Crippen molar-refractivity contribution in [2.24, 2.45) is 5.73 Å². The fourth-order valence-electron chi connectivity index (χ4n) is 2.17. The Kier molecular flexibility index (Phi) is 4.76. The number of aromatic nitrogens is 1. The number of hydrogen-bond acceptors (Lipinski definition) is 3. The molecular weight excluding hydrogens is 256 g/mol. The van der Waals surface area contributed by atoms with Crippen LogP contribution in [0.15, 0.2) is 30.5 Å². The molecule has 0 atom stereocenters. The number of benzene rings is 1. The molecule has 0 saturated heterocycles. The van der Waals surface area contributed by atoms with Crippen LogP contribution in [-0.2, 0) is 4.74 Å². The second-order valence-electron chi connectivity index (χ2n) is 4.65. The van der Waals surface area contributed by atoms with Gasteiger partial charge < -0.3 is 15.5 Å². The number of primary amides is 1. The number of ketones is 1. The van der Waals surface area contributed by atoms with Crippen molar-refractivity contribution in [2.45, 2.75) is 25.7 Å². The SMILES string of the molecule is NC(=O)OCCCCCC(=O)c1c[nH]c2ccccc12. The van der Waals surface area contributed by atoms with Gasteiger partial charge in [-0.3, -0.25) is 4.79 Å². The Morgan fingerprint density at radius 1 is 1.15 bits per heavy atom. The number of aromatic amines is 1. The van der Waals surface area contributed by atoms with Crippen molar-refractivity contribution in [1.82, 2.24) is 4.98 Å². The number of nitrogens with two attached hydrogens (primary N) is 1. The van der Waals surface area contributed by atoms with Crippen molar-refractivity contribution >= 4 is 22.8 Å². The van der Waals surface area contributed by atoms with Gasteiger partial charge in [0.2, 0.25) is 0 Å². The predicted molar refractivity (Wildman–Crippen MR) is 76.6 cm³/mol. The average molecular weight is 274 g/mol. The second-order valence-corrected chi connectivity index (χ2v) is 4.65. The molecule has 0 unspecified atom stereocenters. The molecule has 1 heterocycles. The molecule has 2 aromatic rings. The minimum atomic E-state index is -0.750. The molecule has 0 aliphatic rings. The lowest BCUT2D eigenvalue weighted by Crippen LogP contribution is -2.13. The summed E-state index contributed by atoms with van der Waals surface area (Å²) in [6.07, 6.45) is 3.85. The Morgan fingerprint density at radius 3 is 2.75 bits per heavy atom. The van der Waals surface area contributed by atoms with E-state index in [1.165, 1.54) is 0 Å². The first-order valence-corrected chi connectivity index (χ1v) is 6.70. The number of para-hydroxylation sites is 1. The van der Waals surface area contributed by atoms with Crippen molar-refractivity contribution in [1.29, 1.82) is 0 Å². The van der Waals surface area contributed by atoms with E-state index in [9.17, 15) is 9.59 Å². The van der Waals surface area contributed by atoms with Gasteiger partial charge in [0.15, 0.2) is 5.78 Å². The van der Waals surface area contributed by atoms with Crippen LogP contribution in [0, 0.1) is 0 Å². The summed E-state index contributed by atoms with van der Waals surface area (Å²) in [5.74, 6) is 0.137. The van der Waals surface area contributed by atoms with E-state index >= 15 is 0 Å². The molecule has 106 valence electrons. The Hall–Kier alpha value is -2.30. The van der Waals surface area contributed by atoms with Crippen molar-refractivity contribution in [3.8, 4) is 0 Å². The Labute approximate surface area is 117 Å². The zero-order chi connectivity index (χ0) is 14.4. The Bertz CT molecular complexity index is 604. The van der Waals surface area contributed by atoms with Crippen molar-refractivity contribution in [3.05, 3.63) is 36.0 Å². The highest BCUT2D eigenvalue weighted by Crippen LogP contribution is 2.20. The monoisotopic (exact) mass is 274 g/mol. The number of Topliss-reactive ketones (excluding diaryl/α,β-unsaturated/α-hetero) is 1. The van der Waals surface area contributed by atoms with E-state index in [1.54, 1.807) is 6.20 Å². The van der Waals surface area contributed by atoms with Gasteiger partial charge in [-0.25, -0.2) is 4.79 Å². The molecule has 20 heavy (non-hydrogen) atoms. The minimum absolute atomic E-state index is 0.137. The number of rotatable bonds is 7. The van der Waals surface area contributed by atoms with Gasteiger partial charge in [-0.05, 0) is 25.3 Å². The van der Waals surface area contributed by atoms with Crippen LogP contribution in [0.3, 0.4) is 0 Å². The molecule has 1 aromatic carbocycles. The third-order valence-corrected chi connectivity index (χ3v) is 3.18. The summed E-state index contributed by atoms with van der Waals surface area (Å²) >= 11 is 0. The lowest BCUT2D eigenvalue weighted by atomic mass is 10.0. The standard InChI is InChI=1S/C15H18N2O3/c16-15(19)20-9-5-1-2-8-14(18)12-10-17-13-7-4-3-6-11(12)13/h3-4,6-7,10,17H,1-2,5,8-9H2,(H2,16,19). The van der Waals surface area contributed by atoms with E-state index in [4.69, 9.17) is 5.73 Å². The molecule has 0 saturated carbocycles. The minimum Gasteiger partial charge on any atom is -0.450 e. The molecule has 5 nitrogen and oxygen atoms in total. The topological polar surface area (TPSA) is 85.2 Å². The van der Waals surface area contributed by atoms with E-state index < -0.39 is 6.09 Å². The third-order valence-electron chi connectivity index (χ3n) is 3.18. The molecule has 5 heteroatoms. The Balaban J connectivity index is 1.79. The quantitative estimate of drug-likeness (QED) is 0.601. The number of ether oxygens (including phenoxy) is 1. The Morgan fingerprint density at radius 2 is 1.95 bits per heavy atom. The van der Waals surface area contributed by atoms with E-state index in [2.05, 4.69) is 9.72 Å².